The molecule has 0 spiro atoms. The third-order valence-corrected chi connectivity index (χ3v) is 3.12. The van der Waals surface area contributed by atoms with Crippen LogP contribution in [0.5, 0.6) is 5.75 Å². The molecule has 0 bridgehead atoms. The Hall–Kier alpha value is -2.94. The van der Waals surface area contributed by atoms with E-state index in [4.69, 9.17) is 16.6 Å². The van der Waals surface area contributed by atoms with Crippen molar-refractivity contribution in [1.82, 2.24) is 0 Å². The van der Waals surface area contributed by atoms with E-state index in [1.165, 1.54) is 17.5 Å². The maximum Gasteiger partial charge on any atom is 0.115 e. The summed E-state index contributed by atoms with van der Waals surface area (Å²) >= 11 is 0. The van der Waals surface area contributed by atoms with Gasteiger partial charge in [0.2, 0.25) is 0 Å². The van der Waals surface area contributed by atoms with Crippen molar-refractivity contribution >= 4 is 11.4 Å². The van der Waals surface area contributed by atoms with Crippen LogP contribution in [0.3, 0.4) is 0 Å². The third kappa shape index (κ3) is 12.1. The van der Waals surface area contributed by atoms with Gasteiger partial charge in [0.25, 0.3) is 0 Å². The van der Waals surface area contributed by atoms with Crippen LogP contribution < -0.4 is 11.5 Å². The van der Waals surface area contributed by atoms with E-state index in [0.29, 0.717) is 5.75 Å². The fourth-order valence-corrected chi connectivity index (χ4v) is 1.93. The monoisotopic (exact) mass is 366 g/mol. The van der Waals surface area contributed by atoms with Gasteiger partial charge in [0.15, 0.2) is 0 Å². The van der Waals surface area contributed by atoms with Gasteiger partial charge in [0.1, 0.15) is 5.75 Å². The molecule has 0 aliphatic heterocycles. The lowest BCUT2D eigenvalue weighted by Crippen LogP contribution is -1.90. The maximum atomic E-state index is 8.63. The van der Waals surface area contributed by atoms with Crippen molar-refractivity contribution in [2.75, 3.05) is 11.5 Å². The zero-order valence-electron chi connectivity index (χ0n) is 17.0. The fourth-order valence-electron chi connectivity index (χ4n) is 1.93. The lowest BCUT2D eigenvalue weighted by atomic mass is 10.0. The van der Waals surface area contributed by atoms with E-state index >= 15 is 0 Å². The molecule has 0 heterocycles. The normalized spacial score (nSPS) is 8.74. The summed E-state index contributed by atoms with van der Waals surface area (Å²) in [6, 6.07) is 24.6. The molecule has 3 aromatic rings. The minimum Gasteiger partial charge on any atom is -0.508 e. The lowest BCUT2D eigenvalue weighted by Gasteiger charge is -2.02. The Kier molecular flexibility index (Phi) is 13.7. The molecular weight excluding hydrogens is 332 g/mol. The average molecular weight is 367 g/mol. The zero-order valence-corrected chi connectivity index (χ0v) is 17.0. The van der Waals surface area contributed by atoms with Crippen molar-refractivity contribution in [2.24, 2.45) is 0 Å². The second-order valence-corrected chi connectivity index (χ2v) is 5.70. The van der Waals surface area contributed by atoms with Gasteiger partial charge in [-0.25, -0.2) is 0 Å². The van der Waals surface area contributed by atoms with Crippen molar-refractivity contribution in [1.29, 1.82) is 0 Å². The molecule has 3 aromatic carbocycles. The second kappa shape index (κ2) is 15.3. The van der Waals surface area contributed by atoms with Crippen molar-refractivity contribution in [3.05, 3.63) is 90.0 Å². The van der Waals surface area contributed by atoms with E-state index in [0.717, 1.165) is 17.8 Å². The van der Waals surface area contributed by atoms with E-state index in [1.54, 1.807) is 24.3 Å². The van der Waals surface area contributed by atoms with Gasteiger partial charge >= 0.3 is 0 Å². The highest BCUT2D eigenvalue weighted by Crippen LogP contribution is 2.13. The molecule has 0 amide bonds. The Balaban J connectivity index is 0.000000470. The summed E-state index contributed by atoms with van der Waals surface area (Å²) in [7, 11) is 0. The summed E-state index contributed by atoms with van der Waals surface area (Å²) in [6.45, 7) is 8.25. The molecule has 0 radical (unpaired) electrons. The Bertz CT molecular complexity index is 649. The van der Waals surface area contributed by atoms with Gasteiger partial charge in [-0.2, -0.15) is 0 Å². The Morgan fingerprint density at radius 3 is 1.22 bits per heavy atom. The summed E-state index contributed by atoms with van der Waals surface area (Å²) in [5, 5.41) is 8.63. The predicted molar refractivity (Wildman–Crippen MR) is 120 cm³/mol. The minimum atomic E-state index is 0.322. The van der Waals surface area contributed by atoms with Crippen LogP contribution >= 0.6 is 0 Å². The van der Waals surface area contributed by atoms with Gasteiger partial charge in [-0.1, -0.05) is 76.6 Å². The Morgan fingerprint density at radius 1 is 0.630 bits per heavy atom. The van der Waals surface area contributed by atoms with E-state index in [-0.39, 0.29) is 0 Å². The molecule has 0 saturated carbocycles. The highest BCUT2D eigenvalue weighted by molar-refractivity contribution is 5.43. The molecule has 3 nitrogen and oxygen atoms in total. The average Bonchev–Trinajstić information content (AvgIpc) is 2.69. The first-order valence-corrected chi connectivity index (χ1v) is 9.48. The van der Waals surface area contributed by atoms with Crippen LogP contribution in [-0.2, 0) is 6.42 Å². The van der Waals surface area contributed by atoms with Crippen LogP contribution in [-0.4, -0.2) is 5.11 Å². The molecule has 0 unspecified atom stereocenters. The van der Waals surface area contributed by atoms with Crippen molar-refractivity contribution in [3.8, 4) is 5.75 Å². The standard InChI is InChI=1S/C13H14N2.C6H6O.C3H8.C2H6/c14-12-5-1-10(2-6-12)9-11-3-7-13(15)8-4-11;7-6-4-2-1-3-5-6;1-3-2;1-2/h1-8H,9,14-15H2;1-5,7H;3H2,1-2H3;1-2H3. The topological polar surface area (TPSA) is 72.3 Å². The van der Waals surface area contributed by atoms with E-state index < -0.39 is 0 Å². The van der Waals surface area contributed by atoms with Gasteiger partial charge in [-0.05, 0) is 53.9 Å². The van der Waals surface area contributed by atoms with Crippen LogP contribution in [0, 0.1) is 0 Å². The first-order chi connectivity index (χ1) is 13.0. The lowest BCUT2D eigenvalue weighted by molar-refractivity contribution is 0.475. The zero-order chi connectivity index (χ0) is 20.5. The second-order valence-electron chi connectivity index (χ2n) is 5.70. The first-order valence-electron chi connectivity index (χ1n) is 9.48. The quantitative estimate of drug-likeness (QED) is 0.468. The minimum absolute atomic E-state index is 0.322. The molecule has 3 rings (SSSR count). The Labute approximate surface area is 164 Å². The number of phenolic OH excluding ortho intramolecular Hbond substituents is 1. The number of aromatic hydroxyl groups is 1. The number of para-hydroxylation sites is 1. The molecule has 0 aliphatic carbocycles. The molecule has 5 N–H and O–H groups in total. The largest absolute Gasteiger partial charge is 0.508 e. The SMILES string of the molecule is CC.CCC.Nc1ccc(Cc2ccc(N)cc2)cc1.Oc1ccccc1. The van der Waals surface area contributed by atoms with Crippen molar-refractivity contribution < 1.29 is 5.11 Å². The Morgan fingerprint density at radius 2 is 0.963 bits per heavy atom. The van der Waals surface area contributed by atoms with Crippen molar-refractivity contribution in [2.45, 2.75) is 40.5 Å². The van der Waals surface area contributed by atoms with Crippen LogP contribution in [0.2, 0.25) is 0 Å². The highest BCUT2D eigenvalue weighted by Gasteiger charge is 1.95. The predicted octanol–water partition coefficient (Wildman–Crippen LogP) is 6.28. The van der Waals surface area contributed by atoms with Gasteiger partial charge in [0.05, 0.1) is 0 Å². The summed E-state index contributed by atoms with van der Waals surface area (Å²) in [4.78, 5) is 0. The fraction of sp³-hybridized carbons (Fsp3) is 0.250. The van der Waals surface area contributed by atoms with E-state index in [9.17, 15) is 0 Å². The number of hydrogen-bond donors (Lipinski definition) is 3. The summed E-state index contributed by atoms with van der Waals surface area (Å²) in [6.07, 6.45) is 2.17. The van der Waals surface area contributed by atoms with Gasteiger partial charge in [-0.3, -0.25) is 0 Å². The first kappa shape index (κ1) is 24.1. The molecule has 0 aromatic heterocycles. The molecule has 0 atom stereocenters. The molecule has 27 heavy (non-hydrogen) atoms. The maximum absolute atomic E-state index is 8.63. The van der Waals surface area contributed by atoms with Crippen LogP contribution in [0.15, 0.2) is 78.9 Å². The van der Waals surface area contributed by atoms with Crippen molar-refractivity contribution in [3.63, 3.8) is 0 Å². The smallest absolute Gasteiger partial charge is 0.115 e. The molecule has 146 valence electrons. The van der Waals surface area contributed by atoms with Gasteiger partial charge < -0.3 is 16.6 Å². The number of nitrogen functional groups attached to an aromatic ring is 2. The number of rotatable bonds is 2. The summed E-state index contributed by atoms with van der Waals surface area (Å²) in [5.74, 6) is 0.322. The van der Waals surface area contributed by atoms with Gasteiger partial charge in [0, 0.05) is 11.4 Å². The molecule has 0 saturated heterocycles. The molecular formula is C24H34N2O. The van der Waals surface area contributed by atoms with Crippen LogP contribution in [0.1, 0.15) is 45.2 Å². The number of nitrogens with two attached hydrogens (primary N) is 2. The van der Waals surface area contributed by atoms with Crippen LogP contribution in [0.25, 0.3) is 0 Å². The summed E-state index contributed by atoms with van der Waals surface area (Å²) in [5.41, 5.74) is 15.4. The van der Waals surface area contributed by atoms with E-state index in [1.807, 2.05) is 68.4 Å². The van der Waals surface area contributed by atoms with E-state index in [2.05, 4.69) is 13.8 Å². The molecule has 0 fully saturated rings. The molecule has 0 aliphatic rings. The highest BCUT2D eigenvalue weighted by atomic mass is 16.3. The third-order valence-electron chi connectivity index (χ3n) is 3.12. The molecule has 3 heteroatoms. The number of benzene rings is 3. The van der Waals surface area contributed by atoms with Crippen LogP contribution in [0.4, 0.5) is 11.4 Å². The number of phenols is 1. The van der Waals surface area contributed by atoms with Gasteiger partial charge in [-0.15, -0.1) is 0 Å². The summed E-state index contributed by atoms with van der Waals surface area (Å²) < 4.78 is 0. The number of hydrogen-bond acceptors (Lipinski definition) is 3. The number of anilines is 2.